The summed E-state index contributed by atoms with van der Waals surface area (Å²) in [6.45, 7) is 6.15. The summed E-state index contributed by atoms with van der Waals surface area (Å²) in [5.41, 5.74) is 2.59. The molecule has 1 aliphatic rings. The van der Waals surface area contributed by atoms with Crippen LogP contribution in [0, 0.1) is 11.3 Å². The van der Waals surface area contributed by atoms with Gasteiger partial charge >= 0.3 is 0 Å². The molecular formula is C20H25N3O. The first-order chi connectivity index (χ1) is 11.7. The number of ether oxygens (including phenoxy) is 1. The summed E-state index contributed by atoms with van der Waals surface area (Å²) in [5, 5.41) is 10.4. The van der Waals surface area contributed by atoms with Crippen LogP contribution in [0.3, 0.4) is 0 Å². The van der Waals surface area contributed by atoms with Crippen LogP contribution in [0.25, 0.3) is 10.9 Å². The van der Waals surface area contributed by atoms with Gasteiger partial charge in [-0.1, -0.05) is 26.2 Å². The first-order valence-electron chi connectivity index (χ1n) is 8.91. The zero-order valence-corrected chi connectivity index (χ0v) is 14.5. The Morgan fingerprint density at radius 2 is 2.17 bits per heavy atom. The third kappa shape index (κ3) is 3.52. The van der Waals surface area contributed by atoms with Crippen LogP contribution < -0.4 is 4.90 Å². The fourth-order valence-electron chi connectivity index (χ4n) is 3.55. The third-order valence-electron chi connectivity index (χ3n) is 4.66. The second-order valence-corrected chi connectivity index (χ2v) is 6.61. The number of nitrogens with zero attached hydrogens (tertiary/aromatic N) is 3. The molecule has 0 aliphatic carbocycles. The van der Waals surface area contributed by atoms with Crippen molar-refractivity contribution in [2.75, 3.05) is 18.0 Å². The molecule has 0 spiro atoms. The van der Waals surface area contributed by atoms with E-state index in [1.54, 1.807) is 6.20 Å². The summed E-state index contributed by atoms with van der Waals surface area (Å²) in [7, 11) is 0. The number of fused-ring (bicyclic) bond motifs is 1. The molecular weight excluding hydrogens is 298 g/mol. The van der Waals surface area contributed by atoms with Gasteiger partial charge in [-0.2, -0.15) is 5.26 Å². The summed E-state index contributed by atoms with van der Waals surface area (Å²) >= 11 is 0. The average molecular weight is 323 g/mol. The van der Waals surface area contributed by atoms with Crippen molar-refractivity contribution >= 4 is 16.6 Å². The van der Waals surface area contributed by atoms with Gasteiger partial charge in [0.15, 0.2) is 0 Å². The van der Waals surface area contributed by atoms with Gasteiger partial charge in [0.05, 0.1) is 23.3 Å². The smallest absolute Gasteiger partial charge is 0.101 e. The number of hydrogen-bond acceptors (Lipinski definition) is 4. The van der Waals surface area contributed by atoms with Crippen LogP contribution in [0.2, 0.25) is 0 Å². The van der Waals surface area contributed by atoms with Crippen LogP contribution in [0.5, 0.6) is 0 Å². The predicted octanol–water partition coefficient (Wildman–Crippen LogP) is 4.28. The molecule has 0 bridgehead atoms. The quantitative estimate of drug-likeness (QED) is 0.771. The predicted molar refractivity (Wildman–Crippen MR) is 97.1 cm³/mol. The van der Waals surface area contributed by atoms with Crippen molar-refractivity contribution in [1.29, 1.82) is 5.26 Å². The molecule has 1 fully saturated rings. The van der Waals surface area contributed by atoms with E-state index >= 15 is 0 Å². The number of pyridine rings is 1. The van der Waals surface area contributed by atoms with Gasteiger partial charge < -0.3 is 9.64 Å². The topological polar surface area (TPSA) is 49.2 Å². The first kappa shape index (κ1) is 16.7. The molecule has 1 saturated heterocycles. The van der Waals surface area contributed by atoms with Gasteiger partial charge in [-0.05, 0) is 37.6 Å². The van der Waals surface area contributed by atoms with Crippen molar-refractivity contribution in [3.8, 4) is 6.07 Å². The van der Waals surface area contributed by atoms with E-state index in [2.05, 4.69) is 41.9 Å². The molecule has 0 N–H and O–H groups in total. The monoisotopic (exact) mass is 323 g/mol. The molecule has 4 nitrogen and oxygen atoms in total. The number of hydrogen-bond donors (Lipinski definition) is 0. The number of morpholine rings is 1. The van der Waals surface area contributed by atoms with Crippen molar-refractivity contribution < 1.29 is 4.74 Å². The van der Waals surface area contributed by atoms with Crippen LogP contribution in [-0.2, 0) is 4.74 Å². The molecule has 0 amide bonds. The molecule has 2 atom stereocenters. The van der Waals surface area contributed by atoms with E-state index < -0.39 is 0 Å². The average Bonchev–Trinajstić information content (AvgIpc) is 2.60. The van der Waals surface area contributed by atoms with E-state index in [0.717, 1.165) is 36.1 Å². The maximum Gasteiger partial charge on any atom is 0.101 e. The molecule has 1 aromatic heterocycles. The fraction of sp³-hybridized carbons (Fsp3) is 0.500. The second kappa shape index (κ2) is 7.63. The maximum absolute atomic E-state index is 9.32. The number of nitriles is 1. The van der Waals surface area contributed by atoms with E-state index in [1.807, 2.05) is 12.1 Å². The molecule has 0 radical (unpaired) electrons. The summed E-state index contributed by atoms with van der Waals surface area (Å²) in [4.78, 5) is 6.82. The molecule has 0 unspecified atom stereocenters. The summed E-state index contributed by atoms with van der Waals surface area (Å²) in [6, 6.07) is 10.2. The van der Waals surface area contributed by atoms with Gasteiger partial charge in [-0.15, -0.1) is 0 Å². The van der Waals surface area contributed by atoms with Crippen LogP contribution in [-0.4, -0.2) is 30.3 Å². The lowest BCUT2D eigenvalue weighted by molar-refractivity contribution is -0.0207. The molecule has 4 heteroatoms. The van der Waals surface area contributed by atoms with Crippen LogP contribution >= 0.6 is 0 Å². The number of benzene rings is 1. The Morgan fingerprint density at radius 3 is 2.96 bits per heavy atom. The highest BCUT2D eigenvalue weighted by molar-refractivity contribution is 5.95. The normalized spacial score (nSPS) is 21.0. The third-order valence-corrected chi connectivity index (χ3v) is 4.66. The van der Waals surface area contributed by atoms with Gasteiger partial charge in [0.2, 0.25) is 0 Å². The van der Waals surface area contributed by atoms with Crippen molar-refractivity contribution in [3.05, 3.63) is 36.0 Å². The molecule has 24 heavy (non-hydrogen) atoms. The largest absolute Gasteiger partial charge is 0.372 e. The van der Waals surface area contributed by atoms with E-state index in [1.165, 1.54) is 19.3 Å². The molecule has 1 aromatic carbocycles. The number of rotatable bonds is 5. The van der Waals surface area contributed by atoms with Gasteiger partial charge in [-0.25, -0.2) is 0 Å². The van der Waals surface area contributed by atoms with Gasteiger partial charge in [0, 0.05) is 30.4 Å². The van der Waals surface area contributed by atoms with E-state index in [0.29, 0.717) is 5.56 Å². The highest BCUT2D eigenvalue weighted by Gasteiger charge is 2.26. The van der Waals surface area contributed by atoms with E-state index in [-0.39, 0.29) is 12.2 Å². The number of unbranched alkanes of at least 4 members (excludes halogenated alkanes) is 2. The molecule has 2 heterocycles. The fourth-order valence-corrected chi connectivity index (χ4v) is 3.55. The van der Waals surface area contributed by atoms with Crippen molar-refractivity contribution in [2.24, 2.45) is 0 Å². The lowest BCUT2D eigenvalue weighted by Crippen LogP contribution is -2.46. The summed E-state index contributed by atoms with van der Waals surface area (Å²) in [5.74, 6) is 0. The number of anilines is 1. The van der Waals surface area contributed by atoms with Crippen molar-refractivity contribution in [2.45, 2.75) is 51.7 Å². The summed E-state index contributed by atoms with van der Waals surface area (Å²) < 4.78 is 6.13. The van der Waals surface area contributed by atoms with Crippen LogP contribution in [0.4, 0.5) is 5.69 Å². The minimum Gasteiger partial charge on any atom is -0.372 e. The Kier molecular flexibility index (Phi) is 5.32. The second-order valence-electron chi connectivity index (χ2n) is 6.61. The van der Waals surface area contributed by atoms with Gasteiger partial charge in [0.1, 0.15) is 6.07 Å². The number of aromatic nitrogens is 1. The highest BCUT2D eigenvalue weighted by Crippen LogP contribution is 2.30. The van der Waals surface area contributed by atoms with Gasteiger partial charge in [-0.3, -0.25) is 4.98 Å². The summed E-state index contributed by atoms with van der Waals surface area (Å²) in [6.07, 6.45) is 7.08. The van der Waals surface area contributed by atoms with Crippen molar-refractivity contribution in [3.63, 3.8) is 0 Å². The molecule has 3 rings (SSSR count). The van der Waals surface area contributed by atoms with Crippen LogP contribution in [0.1, 0.15) is 45.1 Å². The Bertz CT molecular complexity index is 737. The Labute approximate surface area is 144 Å². The van der Waals surface area contributed by atoms with E-state index in [4.69, 9.17) is 4.74 Å². The highest BCUT2D eigenvalue weighted by atomic mass is 16.5. The molecule has 0 saturated carbocycles. The van der Waals surface area contributed by atoms with E-state index in [9.17, 15) is 5.26 Å². The minimum absolute atomic E-state index is 0.216. The first-order valence-corrected chi connectivity index (χ1v) is 8.91. The zero-order chi connectivity index (χ0) is 16.9. The molecule has 2 aromatic rings. The maximum atomic E-state index is 9.32. The standard InChI is InChI=1S/C20H25N3O/c1-3-4-5-7-17-14-23(13-15(2)24-17)19-10-9-16(12-21)20-18(19)8-6-11-22-20/h6,8-11,15,17H,3-5,7,13-14H2,1-2H3/t15-,17+/m1/s1. The Hall–Kier alpha value is -2.12. The Morgan fingerprint density at radius 1 is 1.29 bits per heavy atom. The van der Waals surface area contributed by atoms with Crippen LogP contribution in [0.15, 0.2) is 30.5 Å². The van der Waals surface area contributed by atoms with Crippen molar-refractivity contribution in [1.82, 2.24) is 4.98 Å². The SMILES string of the molecule is CCCCC[C@H]1CN(c2ccc(C#N)c3ncccc23)C[C@@H](C)O1. The Balaban J connectivity index is 1.88. The lowest BCUT2D eigenvalue weighted by atomic mass is 10.0. The molecule has 126 valence electrons. The minimum atomic E-state index is 0.216. The molecule has 1 aliphatic heterocycles. The van der Waals surface area contributed by atoms with Gasteiger partial charge in [0.25, 0.3) is 0 Å². The lowest BCUT2D eigenvalue weighted by Gasteiger charge is -2.38. The zero-order valence-electron chi connectivity index (χ0n) is 14.5.